The molecule has 1 aromatic carbocycles. The zero-order valence-corrected chi connectivity index (χ0v) is 8.98. The van der Waals surface area contributed by atoms with Gasteiger partial charge in [0.1, 0.15) is 5.82 Å². The highest BCUT2D eigenvalue weighted by Crippen LogP contribution is 2.28. The van der Waals surface area contributed by atoms with Crippen molar-refractivity contribution in [1.29, 1.82) is 0 Å². The van der Waals surface area contributed by atoms with Gasteiger partial charge in [0.2, 0.25) is 0 Å². The van der Waals surface area contributed by atoms with Crippen LogP contribution in [0.1, 0.15) is 15.2 Å². The van der Waals surface area contributed by atoms with Crippen molar-refractivity contribution in [2.45, 2.75) is 6.92 Å². The van der Waals surface area contributed by atoms with Crippen molar-refractivity contribution in [1.82, 2.24) is 0 Å². The van der Waals surface area contributed by atoms with Gasteiger partial charge in [-0.3, -0.25) is 4.79 Å². The summed E-state index contributed by atoms with van der Waals surface area (Å²) in [4.78, 5) is 12.2. The molecule has 3 heteroatoms. The predicted molar refractivity (Wildman–Crippen MR) is 59.8 cm³/mol. The van der Waals surface area contributed by atoms with Crippen LogP contribution in [-0.2, 0) is 0 Å². The van der Waals surface area contributed by atoms with E-state index in [2.05, 4.69) is 0 Å². The van der Waals surface area contributed by atoms with Gasteiger partial charge in [-0.05, 0) is 42.3 Å². The summed E-state index contributed by atoms with van der Waals surface area (Å²) in [5.41, 5.74) is 1.57. The molecule has 15 heavy (non-hydrogen) atoms. The number of carbonyl (C=O) groups excluding carboxylic acids is 1. The lowest BCUT2D eigenvalue weighted by Gasteiger charge is -2.00. The minimum absolute atomic E-state index is 0.203. The molecule has 0 spiro atoms. The van der Waals surface area contributed by atoms with E-state index < -0.39 is 0 Å². The number of thiophene rings is 1. The first-order valence-corrected chi connectivity index (χ1v) is 5.34. The zero-order chi connectivity index (χ0) is 10.8. The van der Waals surface area contributed by atoms with Gasteiger partial charge in [0.05, 0.1) is 4.88 Å². The Morgan fingerprint density at radius 3 is 2.67 bits per heavy atom. The van der Waals surface area contributed by atoms with Gasteiger partial charge in [-0.25, -0.2) is 4.39 Å². The van der Waals surface area contributed by atoms with Gasteiger partial charge in [-0.1, -0.05) is 6.07 Å². The number of carbonyl (C=O) groups is 1. The number of benzene rings is 1. The average Bonchev–Trinajstić information content (AvgIpc) is 2.70. The fourth-order valence-corrected chi connectivity index (χ4v) is 2.19. The molecule has 0 N–H and O–H groups in total. The monoisotopic (exact) mass is 220 g/mol. The van der Waals surface area contributed by atoms with E-state index in [0.717, 1.165) is 16.7 Å². The first-order chi connectivity index (χ1) is 7.20. The standard InChI is InChI=1S/C12H9FOS/c1-8-6-9(2-4-11(8)13)12-5-3-10(7-14)15-12/h2-7H,1H3. The Balaban J connectivity index is 2.44. The Morgan fingerprint density at radius 2 is 2.07 bits per heavy atom. The molecular weight excluding hydrogens is 211 g/mol. The van der Waals surface area contributed by atoms with Gasteiger partial charge in [0, 0.05) is 4.88 Å². The summed E-state index contributed by atoms with van der Waals surface area (Å²) < 4.78 is 13.0. The quantitative estimate of drug-likeness (QED) is 0.706. The number of hydrogen-bond acceptors (Lipinski definition) is 2. The highest BCUT2D eigenvalue weighted by atomic mass is 32.1. The predicted octanol–water partition coefficient (Wildman–Crippen LogP) is 3.68. The van der Waals surface area contributed by atoms with E-state index in [4.69, 9.17) is 0 Å². The summed E-state index contributed by atoms with van der Waals surface area (Å²) in [7, 11) is 0. The third-order valence-corrected chi connectivity index (χ3v) is 3.25. The third-order valence-electron chi connectivity index (χ3n) is 2.19. The number of aldehydes is 1. The number of aryl methyl sites for hydroxylation is 1. The Morgan fingerprint density at radius 1 is 1.27 bits per heavy atom. The van der Waals surface area contributed by atoms with E-state index in [0.29, 0.717) is 10.4 Å². The van der Waals surface area contributed by atoms with Crippen LogP contribution in [-0.4, -0.2) is 6.29 Å². The van der Waals surface area contributed by atoms with E-state index in [9.17, 15) is 9.18 Å². The van der Waals surface area contributed by atoms with Gasteiger partial charge < -0.3 is 0 Å². The van der Waals surface area contributed by atoms with Crippen molar-refractivity contribution in [2.75, 3.05) is 0 Å². The molecule has 0 bridgehead atoms. The Hall–Kier alpha value is -1.48. The first kappa shape index (κ1) is 10.1. The fraction of sp³-hybridized carbons (Fsp3) is 0.0833. The summed E-state index contributed by atoms with van der Waals surface area (Å²) in [6.45, 7) is 1.73. The maximum absolute atomic E-state index is 13.0. The van der Waals surface area contributed by atoms with E-state index in [1.807, 2.05) is 6.07 Å². The second-order valence-corrected chi connectivity index (χ2v) is 4.40. The van der Waals surface area contributed by atoms with Crippen LogP contribution in [0.5, 0.6) is 0 Å². The minimum atomic E-state index is -0.203. The summed E-state index contributed by atoms with van der Waals surface area (Å²) in [6.07, 6.45) is 0.824. The molecule has 0 radical (unpaired) electrons. The molecule has 2 aromatic rings. The maximum Gasteiger partial charge on any atom is 0.160 e. The summed E-state index contributed by atoms with van der Waals surface area (Å²) in [5, 5.41) is 0. The smallest absolute Gasteiger partial charge is 0.160 e. The van der Waals surface area contributed by atoms with Crippen molar-refractivity contribution >= 4 is 17.6 Å². The van der Waals surface area contributed by atoms with Crippen molar-refractivity contribution in [3.63, 3.8) is 0 Å². The Labute approximate surface area is 91.2 Å². The average molecular weight is 220 g/mol. The number of rotatable bonds is 2. The topological polar surface area (TPSA) is 17.1 Å². The molecule has 0 aliphatic heterocycles. The molecule has 1 aromatic heterocycles. The SMILES string of the molecule is Cc1cc(-c2ccc(C=O)s2)ccc1F. The summed E-state index contributed by atoms with van der Waals surface area (Å²) in [5.74, 6) is -0.203. The molecule has 76 valence electrons. The molecule has 0 fully saturated rings. The second-order valence-electron chi connectivity index (χ2n) is 3.28. The van der Waals surface area contributed by atoms with E-state index in [1.165, 1.54) is 17.4 Å². The summed E-state index contributed by atoms with van der Waals surface area (Å²) >= 11 is 1.41. The number of halogens is 1. The van der Waals surface area contributed by atoms with Gasteiger partial charge in [-0.2, -0.15) is 0 Å². The van der Waals surface area contributed by atoms with Crippen LogP contribution in [0.15, 0.2) is 30.3 Å². The molecule has 0 aliphatic carbocycles. The van der Waals surface area contributed by atoms with Gasteiger partial charge >= 0.3 is 0 Å². The highest BCUT2D eigenvalue weighted by molar-refractivity contribution is 7.17. The minimum Gasteiger partial charge on any atom is -0.297 e. The lowest BCUT2D eigenvalue weighted by molar-refractivity contribution is 0.112. The van der Waals surface area contributed by atoms with Crippen molar-refractivity contribution in [3.05, 3.63) is 46.6 Å². The van der Waals surface area contributed by atoms with Gasteiger partial charge in [-0.15, -0.1) is 11.3 Å². The first-order valence-electron chi connectivity index (χ1n) is 4.52. The molecule has 2 rings (SSSR count). The van der Waals surface area contributed by atoms with Crippen LogP contribution in [0.2, 0.25) is 0 Å². The van der Waals surface area contributed by atoms with E-state index in [1.54, 1.807) is 25.1 Å². The molecule has 1 heterocycles. The van der Waals surface area contributed by atoms with Crippen LogP contribution in [0, 0.1) is 12.7 Å². The van der Waals surface area contributed by atoms with Gasteiger partial charge in [0.25, 0.3) is 0 Å². The molecule has 0 saturated carbocycles. The van der Waals surface area contributed by atoms with Crippen LogP contribution >= 0.6 is 11.3 Å². The normalized spacial score (nSPS) is 10.3. The molecule has 0 unspecified atom stereocenters. The molecule has 0 aliphatic rings. The fourth-order valence-electron chi connectivity index (χ4n) is 1.37. The van der Waals surface area contributed by atoms with Crippen LogP contribution in [0.25, 0.3) is 10.4 Å². The van der Waals surface area contributed by atoms with Crippen LogP contribution in [0.4, 0.5) is 4.39 Å². The second kappa shape index (κ2) is 3.95. The van der Waals surface area contributed by atoms with Gasteiger partial charge in [0.15, 0.2) is 6.29 Å². The molecule has 1 nitrogen and oxygen atoms in total. The lowest BCUT2D eigenvalue weighted by Crippen LogP contribution is -1.81. The van der Waals surface area contributed by atoms with Crippen LogP contribution in [0.3, 0.4) is 0 Å². The Kier molecular flexibility index (Phi) is 2.64. The molecule has 0 atom stereocenters. The highest BCUT2D eigenvalue weighted by Gasteiger charge is 2.04. The lowest BCUT2D eigenvalue weighted by atomic mass is 10.1. The molecule has 0 saturated heterocycles. The summed E-state index contributed by atoms with van der Waals surface area (Å²) in [6, 6.07) is 8.61. The van der Waals surface area contributed by atoms with Crippen molar-refractivity contribution in [2.24, 2.45) is 0 Å². The van der Waals surface area contributed by atoms with E-state index in [-0.39, 0.29) is 5.82 Å². The number of hydrogen-bond donors (Lipinski definition) is 0. The largest absolute Gasteiger partial charge is 0.297 e. The van der Waals surface area contributed by atoms with E-state index >= 15 is 0 Å². The molecule has 0 amide bonds. The maximum atomic E-state index is 13.0. The zero-order valence-electron chi connectivity index (χ0n) is 8.16. The Bertz CT molecular complexity index is 502. The molecular formula is C12H9FOS. The van der Waals surface area contributed by atoms with Crippen molar-refractivity contribution in [3.8, 4) is 10.4 Å². The third kappa shape index (κ3) is 1.97. The van der Waals surface area contributed by atoms with Crippen LogP contribution < -0.4 is 0 Å². The van der Waals surface area contributed by atoms with Crippen molar-refractivity contribution < 1.29 is 9.18 Å².